The molecule has 5 heteroatoms. The molecule has 0 saturated carbocycles. The second-order valence-electron chi connectivity index (χ2n) is 7.18. The van der Waals surface area contributed by atoms with Gasteiger partial charge in [-0.25, -0.2) is 0 Å². The predicted molar refractivity (Wildman–Crippen MR) is 133 cm³/mol. The van der Waals surface area contributed by atoms with Gasteiger partial charge in [0, 0.05) is 10.6 Å². The van der Waals surface area contributed by atoms with Crippen molar-refractivity contribution in [2.75, 3.05) is 0 Å². The van der Waals surface area contributed by atoms with Crippen molar-refractivity contribution in [3.8, 4) is 21.7 Å². The van der Waals surface area contributed by atoms with Gasteiger partial charge in [0.1, 0.15) is 0 Å². The summed E-state index contributed by atoms with van der Waals surface area (Å²) in [4.78, 5) is 19.2. The van der Waals surface area contributed by atoms with Crippen LogP contribution in [0.15, 0.2) is 77.8 Å². The third kappa shape index (κ3) is 4.04. The SMILES string of the molecule is Cc1ccc(-c2c(-c3ccccc3)sc(=NC(=O)c3ccccc3I)n2C)cc1C. The average Bonchev–Trinajstić information content (AvgIpc) is 3.07. The van der Waals surface area contributed by atoms with Crippen LogP contribution in [0.4, 0.5) is 0 Å². The minimum absolute atomic E-state index is 0.219. The molecule has 0 N–H and O–H groups in total. The van der Waals surface area contributed by atoms with Gasteiger partial charge in [0.05, 0.1) is 16.1 Å². The number of carbonyl (C=O) groups is 1. The number of hydrogen-bond acceptors (Lipinski definition) is 2. The van der Waals surface area contributed by atoms with Crippen molar-refractivity contribution in [1.82, 2.24) is 4.57 Å². The van der Waals surface area contributed by atoms with E-state index in [4.69, 9.17) is 0 Å². The third-order valence-electron chi connectivity index (χ3n) is 5.15. The van der Waals surface area contributed by atoms with Gasteiger partial charge in [-0.15, -0.1) is 0 Å². The molecule has 0 bridgehead atoms. The largest absolute Gasteiger partial charge is 0.319 e. The van der Waals surface area contributed by atoms with Gasteiger partial charge in [-0.05, 0) is 76.9 Å². The molecule has 4 aromatic rings. The molecule has 30 heavy (non-hydrogen) atoms. The molecule has 3 nitrogen and oxygen atoms in total. The van der Waals surface area contributed by atoms with Crippen molar-refractivity contribution in [2.45, 2.75) is 13.8 Å². The number of aromatic nitrogens is 1. The highest BCUT2D eigenvalue weighted by Gasteiger charge is 2.17. The number of thiazole rings is 1. The minimum Gasteiger partial charge on any atom is -0.319 e. The summed E-state index contributed by atoms with van der Waals surface area (Å²) in [6.45, 7) is 4.24. The lowest BCUT2D eigenvalue weighted by Crippen LogP contribution is -2.15. The summed E-state index contributed by atoms with van der Waals surface area (Å²) in [5.41, 5.74) is 6.44. The first-order valence-corrected chi connectivity index (χ1v) is 11.5. The lowest BCUT2D eigenvalue weighted by Gasteiger charge is -2.09. The van der Waals surface area contributed by atoms with Crippen LogP contribution < -0.4 is 4.80 Å². The van der Waals surface area contributed by atoms with Gasteiger partial charge in [0.2, 0.25) is 0 Å². The van der Waals surface area contributed by atoms with E-state index >= 15 is 0 Å². The number of benzene rings is 3. The van der Waals surface area contributed by atoms with E-state index in [0.29, 0.717) is 10.4 Å². The first-order chi connectivity index (χ1) is 14.5. The maximum Gasteiger partial charge on any atom is 0.280 e. The molecule has 0 aliphatic carbocycles. The van der Waals surface area contributed by atoms with Gasteiger partial charge in [-0.2, -0.15) is 4.99 Å². The van der Waals surface area contributed by atoms with Gasteiger partial charge in [-0.3, -0.25) is 4.79 Å². The van der Waals surface area contributed by atoms with Crippen molar-refractivity contribution in [3.05, 3.63) is 97.9 Å². The van der Waals surface area contributed by atoms with Crippen LogP contribution in [0.25, 0.3) is 21.7 Å². The number of nitrogens with zero attached hydrogens (tertiary/aromatic N) is 2. The fourth-order valence-electron chi connectivity index (χ4n) is 3.33. The van der Waals surface area contributed by atoms with Crippen LogP contribution in [0.1, 0.15) is 21.5 Å². The lowest BCUT2D eigenvalue weighted by molar-refractivity contribution is 0.0997. The van der Waals surface area contributed by atoms with Crippen LogP contribution in [-0.4, -0.2) is 10.5 Å². The van der Waals surface area contributed by atoms with Crippen LogP contribution in [0.2, 0.25) is 0 Å². The lowest BCUT2D eigenvalue weighted by atomic mass is 10.0. The van der Waals surface area contributed by atoms with E-state index in [2.05, 4.69) is 71.8 Å². The monoisotopic (exact) mass is 524 g/mol. The van der Waals surface area contributed by atoms with E-state index in [-0.39, 0.29) is 5.91 Å². The van der Waals surface area contributed by atoms with Gasteiger partial charge in [-0.1, -0.05) is 65.9 Å². The Morgan fingerprint density at radius 3 is 2.30 bits per heavy atom. The van der Waals surface area contributed by atoms with Gasteiger partial charge in [0.25, 0.3) is 5.91 Å². The van der Waals surface area contributed by atoms with Crippen molar-refractivity contribution in [1.29, 1.82) is 0 Å². The summed E-state index contributed by atoms with van der Waals surface area (Å²) in [5, 5.41) is 0. The number of hydrogen-bond donors (Lipinski definition) is 0. The molecule has 0 aliphatic heterocycles. The van der Waals surface area contributed by atoms with E-state index in [0.717, 1.165) is 25.3 Å². The third-order valence-corrected chi connectivity index (χ3v) is 7.27. The van der Waals surface area contributed by atoms with E-state index in [1.54, 1.807) is 11.3 Å². The Morgan fingerprint density at radius 2 is 1.60 bits per heavy atom. The van der Waals surface area contributed by atoms with Crippen LogP contribution in [0.5, 0.6) is 0 Å². The second kappa shape index (κ2) is 8.70. The Morgan fingerprint density at radius 1 is 0.900 bits per heavy atom. The first-order valence-electron chi connectivity index (χ1n) is 9.62. The zero-order valence-corrected chi connectivity index (χ0v) is 20.0. The van der Waals surface area contributed by atoms with Crippen molar-refractivity contribution in [2.24, 2.45) is 12.0 Å². The molecule has 0 unspecified atom stereocenters. The number of rotatable bonds is 3. The molecule has 0 spiro atoms. The summed E-state index contributed by atoms with van der Waals surface area (Å²) in [6, 6.07) is 24.3. The standard InChI is InChI=1S/C25H21IN2OS/c1-16-13-14-19(15-17(16)2)22-23(18-9-5-4-6-10-18)30-25(28(22)3)27-24(29)20-11-7-8-12-21(20)26/h4-15H,1-3H3. The molecule has 1 aromatic heterocycles. The summed E-state index contributed by atoms with van der Waals surface area (Å²) >= 11 is 3.73. The Hall–Kier alpha value is -2.51. The Labute approximate surface area is 193 Å². The number of amides is 1. The molecule has 0 atom stereocenters. The van der Waals surface area contributed by atoms with Gasteiger partial charge in [0.15, 0.2) is 4.80 Å². The quantitative estimate of drug-likeness (QED) is 0.287. The zero-order valence-electron chi connectivity index (χ0n) is 17.0. The molecule has 150 valence electrons. The Balaban J connectivity index is 1.94. The van der Waals surface area contributed by atoms with Crippen LogP contribution >= 0.6 is 33.9 Å². The topological polar surface area (TPSA) is 34.4 Å². The predicted octanol–water partition coefficient (Wildman–Crippen LogP) is 6.38. The molecule has 0 saturated heterocycles. The summed E-state index contributed by atoms with van der Waals surface area (Å²) in [6.07, 6.45) is 0. The van der Waals surface area contributed by atoms with E-state index < -0.39 is 0 Å². The first kappa shape index (κ1) is 20.8. The average molecular weight is 524 g/mol. The molecule has 4 rings (SSSR count). The molecule has 0 aliphatic rings. The molecular formula is C25H21IN2OS. The number of carbonyl (C=O) groups excluding carboxylic acids is 1. The summed E-state index contributed by atoms with van der Waals surface area (Å²) in [5.74, 6) is -0.219. The highest BCUT2D eigenvalue weighted by Crippen LogP contribution is 2.35. The molecule has 1 heterocycles. The smallest absolute Gasteiger partial charge is 0.280 e. The minimum atomic E-state index is -0.219. The van der Waals surface area contributed by atoms with Crippen molar-refractivity contribution < 1.29 is 4.79 Å². The maximum absolute atomic E-state index is 12.9. The molecule has 0 fully saturated rings. The highest BCUT2D eigenvalue weighted by molar-refractivity contribution is 14.1. The molecular weight excluding hydrogens is 503 g/mol. The van der Waals surface area contributed by atoms with Crippen molar-refractivity contribution >= 4 is 39.8 Å². The van der Waals surface area contributed by atoms with Gasteiger partial charge >= 0.3 is 0 Å². The molecule has 3 aromatic carbocycles. The van der Waals surface area contributed by atoms with Crippen LogP contribution in [-0.2, 0) is 7.05 Å². The highest BCUT2D eigenvalue weighted by atomic mass is 127. The van der Waals surface area contributed by atoms with Crippen LogP contribution in [0, 0.1) is 17.4 Å². The van der Waals surface area contributed by atoms with E-state index in [1.807, 2.05) is 54.1 Å². The number of halogens is 1. The Kier molecular flexibility index (Phi) is 6.01. The molecule has 1 amide bonds. The van der Waals surface area contributed by atoms with Crippen molar-refractivity contribution in [3.63, 3.8) is 0 Å². The second-order valence-corrected chi connectivity index (χ2v) is 9.32. The van der Waals surface area contributed by atoms with Crippen LogP contribution in [0.3, 0.4) is 0 Å². The summed E-state index contributed by atoms with van der Waals surface area (Å²) < 4.78 is 2.94. The summed E-state index contributed by atoms with van der Waals surface area (Å²) in [7, 11) is 1.98. The fourth-order valence-corrected chi connectivity index (χ4v) is 5.10. The fraction of sp³-hybridized carbons (Fsp3) is 0.120. The van der Waals surface area contributed by atoms with E-state index in [1.165, 1.54) is 11.1 Å². The Bertz CT molecular complexity index is 1300. The van der Waals surface area contributed by atoms with E-state index in [9.17, 15) is 4.79 Å². The maximum atomic E-state index is 12.9. The van der Waals surface area contributed by atoms with Gasteiger partial charge < -0.3 is 4.57 Å². The number of aryl methyl sites for hydroxylation is 2. The molecule has 0 radical (unpaired) electrons. The normalized spacial score (nSPS) is 11.7. The zero-order chi connectivity index (χ0) is 21.3.